The van der Waals surface area contributed by atoms with E-state index in [0.29, 0.717) is 11.8 Å². The number of nitrogens with zero attached hydrogens (tertiary/aromatic N) is 2. The Morgan fingerprint density at radius 2 is 0.636 bits per heavy atom. The van der Waals surface area contributed by atoms with Crippen molar-refractivity contribution < 1.29 is 0 Å². The van der Waals surface area contributed by atoms with E-state index in [1.807, 2.05) is 0 Å². The van der Waals surface area contributed by atoms with Gasteiger partial charge in [-0.05, 0) is 127 Å². The fourth-order valence-corrected chi connectivity index (χ4v) is 12.2. The molecule has 0 atom stereocenters. The van der Waals surface area contributed by atoms with Crippen LogP contribution in [0.1, 0.15) is 50.7 Å². The summed E-state index contributed by atoms with van der Waals surface area (Å²) in [4.78, 5) is 5.04. The van der Waals surface area contributed by atoms with Crippen molar-refractivity contribution in [2.45, 2.75) is 78.8 Å². The highest BCUT2D eigenvalue weighted by Crippen LogP contribution is 2.49. The van der Waals surface area contributed by atoms with Crippen LogP contribution in [-0.2, 0) is 0 Å². The molecule has 10 aromatic rings. The predicted molar refractivity (Wildman–Crippen MR) is 297 cm³/mol. The van der Waals surface area contributed by atoms with Crippen molar-refractivity contribution in [1.29, 1.82) is 0 Å². The third kappa shape index (κ3) is 8.01. The Labute approximate surface area is 394 Å². The second-order valence-electron chi connectivity index (χ2n) is 21.1. The lowest BCUT2D eigenvalue weighted by atomic mass is 9.89. The lowest BCUT2D eigenvalue weighted by Gasteiger charge is -2.31. The highest BCUT2D eigenvalue weighted by molar-refractivity contribution is 6.89. The number of fused-ring (bicyclic) bond motifs is 7. The van der Waals surface area contributed by atoms with Crippen LogP contribution < -0.4 is 20.2 Å². The summed E-state index contributed by atoms with van der Waals surface area (Å²) in [5.74, 6) is 0.732. The van der Waals surface area contributed by atoms with Crippen LogP contribution in [0.5, 0.6) is 0 Å². The van der Waals surface area contributed by atoms with E-state index in [4.69, 9.17) is 0 Å². The number of rotatable bonds is 10. The van der Waals surface area contributed by atoms with Crippen LogP contribution >= 0.6 is 0 Å². The highest BCUT2D eigenvalue weighted by atomic mass is 28.3. The van der Waals surface area contributed by atoms with E-state index in [9.17, 15) is 0 Å². The molecule has 2 nitrogen and oxygen atoms in total. The molecule has 0 radical (unpaired) electrons. The summed E-state index contributed by atoms with van der Waals surface area (Å²) in [6, 6.07) is 69.8. The van der Waals surface area contributed by atoms with E-state index in [2.05, 4.69) is 259 Å². The molecule has 0 N–H and O–H groups in total. The maximum absolute atomic E-state index is 2.52. The largest absolute Gasteiger partial charge is 0.310 e. The van der Waals surface area contributed by atoms with E-state index in [1.165, 1.54) is 86.7 Å². The Bertz CT molecular complexity index is 3210. The molecule has 0 saturated carbocycles. The third-order valence-corrected chi connectivity index (χ3v) is 18.0. The summed E-state index contributed by atoms with van der Waals surface area (Å²) >= 11 is 0. The minimum absolute atomic E-state index is 0.366. The molecular weight excluding hydrogens is 829 g/mol. The summed E-state index contributed by atoms with van der Waals surface area (Å²) in [7, 11) is -3.08. The maximum atomic E-state index is 2.52. The van der Waals surface area contributed by atoms with Crippen LogP contribution in [-0.4, -0.2) is 16.1 Å². The maximum Gasteiger partial charge on any atom is 0.0775 e. The first-order chi connectivity index (χ1) is 31.6. The zero-order valence-corrected chi connectivity index (χ0v) is 42.4. The molecule has 0 aromatic heterocycles. The van der Waals surface area contributed by atoms with Crippen LogP contribution in [0.2, 0.25) is 39.3 Å². The average Bonchev–Trinajstić information content (AvgIpc) is 3.31. The van der Waals surface area contributed by atoms with Crippen LogP contribution in [0.3, 0.4) is 0 Å². The molecule has 10 aromatic carbocycles. The fourth-order valence-electron chi connectivity index (χ4n) is 9.84. The van der Waals surface area contributed by atoms with Gasteiger partial charge in [0.05, 0.1) is 27.5 Å². The normalized spacial score (nSPS) is 12.4. The van der Waals surface area contributed by atoms with Gasteiger partial charge in [0.25, 0.3) is 0 Å². The molecule has 0 aliphatic heterocycles. The predicted octanol–water partition coefficient (Wildman–Crippen LogP) is 17.7. The van der Waals surface area contributed by atoms with Crippen molar-refractivity contribution in [1.82, 2.24) is 0 Å². The summed E-state index contributed by atoms with van der Waals surface area (Å²) in [5, 5.41) is 15.4. The summed E-state index contributed by atoms with van der Waals surface area (Å²) in [5.41, 5.74) is 9.66. The van der Waals surface area contributed by atoms with Crippen molar-refractivity contribution in [2.24, 2.45) is 0 Å². The molecule has 10 rings (SSSR count). The van der Waals surface area contributed by atoms with E-state index in [-0.39, 0.29) is 0 Å². The van der Waals surface area contributed by atoms with Crippen LogP contribution in [0.4, 0.5) is 34.1 Å². The van der Waals surface area contributed by atoms with Gasteiger partial charge in [-0.1, -0.05) is 199 Å². The smallest absolute Gasteiger partial charge is 0.0775 e. The molecule has 0 saturated heterocycles. The quantitative estimate of drug-likeness (QED) is 0.0997. The standard InChI is InChI=1S/C62H62N2Si2/c1-41(2)45-21-33-55-57(37-45)59-39-62(64(50-27-31-54(32-28-50)66(8,9)10)52-24-20-44-16-12-14-18-48(44)36-52)56-34-22-46(42(3)4)38-58(56)60(59)40-61(55)63(49-25-29-53(30-26-49)65(5,6)7)51-23-19-43-15-11-13-17-47(43)35-51/h11-42H,1-10H3. The monoisotopic (exact) mass is 890 g/mol. The van der Waals surface area contributed by atoms with Crippen LogP contribution in [0.25, 0.3) is 53.9 Å². The number of hydrogen-bond donors (Lipinski definition) is 0. The Hall–Kier alpha value is -6.47. The van der Waals surface area contributed by atoms with Crippen molar-refractivity contribution >= 4 is 115 Å². The zero-order valence-electron chi connectivity index (χ0n) is 40.4. The second-order valence-corrected chi connectivity index (χ2v) is 31.3. The molecule has 0 amide bonds. The van der Waals surface area contributed by atoms with Gasteiger partial charge in [-0.3, -0.25) is 0 Å². The molecule has 0 aliphatic rings. The van der Waals surface area contributed by atoms with E-state index in [0.717, 1.165) is 22.7 Å². The summed E-state index contributed by atoms with van der Waals surface area (Å²) in [6.07, 6.45) is 0. The van der Waals surface area contributed by atoms with Gasteiger partial charge in [-0.2, -0.15) is 0 Å². The van der Waals surface area contributed by atoms with Crippen molar-refractivity contribution in [2.75, 3.05) is 9.80 Å². The first-order valence-corrected chi connectivity index (χ1v) is 30.9. The Balaban J connectivity index is 1.32. The van der Waals surface area contributed by atoms with Crippen molar-refractivity contribution in [3.05, 3.63) is 193 Å². The average molecular weight is 891 g/mol. The van der Waals surface area contributed by atoms with Gasteiger partial charge in [0.15, 0.2) is 0 Å². The second kappa shape index (κ2) is 16.8. The lowest BCUT2D eigenvalue weighted by Crippen LogP contribution is -2.37. The van der Waals surface area contributed by atoms with Gasteiger partial charge in [0.1, 0.15) is 0 Å². The van der Waals surface area contributed by atoms with Crippen molar-refractivity contribution in [3.8, 4) is 0 Å². The van der Waals surface area contributed by atoms with Crippen LogP contribution in [0.15, 0.2) is 182 Å². The summed E-state index contributed by atoms with van der Waals surface area (Å²) in [6.45, 7) is 23.8. The molecule has 4 heteroatoms. The molecule has 0 heterocycles. The molecule has 328 valence electrons. The minimum atomic E-state index is -1.54. The number of benzene rings is 10. The number of anilines is 6. The lowest BCUT2D eigenvalue weighted by molar-refractivity contribution is 0.868. The van der Waals surface area contributed by atoms with E-state index < -0.39 is 16.1 Å². The highest BCUT2D eigenvalue weighted by Gasteiger charge is 2.25. The zero-order chi connectivity index (χ0) is 46.1. The molecule has 0 fully saturated rings. The minimum Gasteiger partial charge on any atom is -0.310 e. The first-order valence-electron chi connectivity index (χ1n) is 23.9. The molecule has 0 aliphatic carbocycles. The molecule has 0 spiro atoms. The first kappa shape index (κ1) is 43.4. The molecule has 66 heavy (non-hydrogen) atoms. The topological polar surface area (TPSA) is 6.48 Å². The molecule has 0 bridgehead atoms. The van der Waals surface area contributed by atoms with Gasteiger partial charge in [0.2, 0.25) is 0 Å². The van der Waals surface area contributed by atoms with E-state index in [1.54, 1.807) is 0 Å². The van der Waals surface area contributed by atoms with Gasteiger partial charge in [-0.25, -0.2) is 0 Å². The van der Waals surface area contributed by atoms with Gasteiger partial charge < -0.3 is 9.80 Å². The molecular formula is C62H62N2Si2. The van der Waals surface area contributed by atoms with Gasteiger partial charge in [-0.15, -0.1) is 0 Å². The summed E-state index contributed by atoms with van der Waals surface area (Å²) < 4.78 is 0. The number of hydrogen-bond acceptors (Lipinski definition) is 2. The van der Waals surface area contributed by atoms with Gasteiger partial charge >= 0.3 is 0 Å². The third-order valence-electron chi connectivity index (χ3n) is 13.9. The Morgan fingerprint density at radius 1 is 0.303 bits per heavy atom. The van der Waals surface area contributed by atoms with Crippen molar-refractivity contribution in [3.63, 3.8) is 0 Å². The molecule has 0 unspecified atom stereocenters. The van der Waals surface area contributed by atoms with E-state index >= 15 is 0 Å². The SMILES string of the molecule is CC(C)c1ccc2c(N(c3ccc([Si](C)(C)C)cc3)c3ccc4ccccc4c3)cc3c4cc(C(C)C)ccc4c(N(c4ccc([Si](C)(C)C)cc4)c4ccc5ccccc5c4)cc3c2c1. The fraction of sp³-hybridized carbons (Fsp3) is 0.194. The van der Waals surface area contributed by atoms with Gasteiger partial charge in [0, 0.05) is 33.5 Å². The van der Waals surface area contributed by atoms with Crippen LogP contribution in [0, 0.1) is 0 Å². The Kier molecular flexibility index (Phi) is 11.0. The Morgan fingerprint density at radius 3 is 0.985 bits per heavy atom.